The van der Waals surface area contributed by atoms with E-state index < -0.39 is 0 Å². The van der Waals surface area contributed by atoms with E-state index in [1.54, 1.807) is 0 Å². The number of hydrogen-bond donors (Lipinski definition) is 1. The second-order valence-corrected chi connectivity index (χ2v) is 7.92. The van der Waals surface area contributed by atoms with Gasteiger partial charge in [0.2, 0.25) is 5.91 Å². The summed E-state index contributed by atoms with van der Waals surface area (Å²) >= 11 is 0. The molecular formula is C18H29N3O2. The van der Waals surface area contributed by atoms with E-state index in [4.69, 9.17) is 9.72 Å². The molecule has 0 saturated carbocycles. The molecule has 5 nitrogen and oxygen atoms in total. The fourth-order valence-corrected chi connectivity index (χ4v) is 3.39. The van der Waals surface area contributed by atoms with E-state index in [0.717, 1.165) is 56.8 Å². The molecule has 2 aliphatic heterocycles. The van der Waals surface area contributed by atoms with Gasteiger partial charge in [0, 0.05) is 43.6 Å². The number of hydrogen-bond acceptors (Lipinski definition) is 3. The first-order valence-corrected chi connectivity index (χ1v) is 8.89. The lowest BCUT2D eigenvalue weighted by Gasteiger charge is -2.25. The molecule has 3 heterocycles. The van der Waals surface area contributed by atoms with Crippen molar-refractivity contribution >= 4 is 5.91 Å². The van der Waals surface area contributed by atoms with Crippen molar-refractivity contribution in [2.75, 3.05) is 6.61 Å². The highest BCUT2D eigenvalue weighted by molar-refractivity contribution is 5.76. The fourth-order valence-electron chi connectivity index (χ4n) is 3.39. The molecule has 1 amide bonds. The molecule has 0 unspecified atom stereocenters. The minimum Gasteiger partial charge on any atom is -0.378 e. The van der Waals surface area contributed by atoms with Gasteiger partial charge in [-0.25, -0.2) is 4.98 Å². The number of aryl methyl sites for hydroxylation is 1. The van der Waals surface area contributed by atoms with Crippen LogP contribution in [0.3, 0.4) is 0 Å². The van der Waals surface area contributed by atoms with E-state index in [-0.39, 0.29) is 17.4 Å². The predicted octanol–water partition coefficient (Wildman–Crippen LogP) is 2.57. The van der Waals surface area contributed by atoms with Gasteiger partial charge < -0.3 is 14.6 Å². The molecule has 1 N–H and O–H groups in total. The van der Waals surface area contributed by atoms with E-state index >= 15 is 0 Å². The third-order valence-corrected chi connectivity index (χ3v) is 4.84. The average molecular weight is 319 g/mol. The summed E-state index contributed by atoms with van der Waals surface area (Å²) in [5.74, 6) is 1.31. The van der Waals surface area contributed by atoms with Crippen molar-refractivity contribution in [1.82, 2.24) is 14.9 Å². The third kappa shape index (κ3) is 4.14. The summed E-state index contributed by atoms with van der Waals surface area (Å²) in [5, 5.41) is 3.19. The minimum atomic E-state index is 0.0738. The molecule has 1 saturated heterocycles. The predicted molar refractivity (Wildman–Crippen MR) is 89.4 cm³/mol. The minimum absolute atomic E-state index is 0.0738. The summed E-state index contributed by atoms with van der Waals surface area (Å²) in [6.45, 7) is 8.25. The molecule has 0 bridgehead atoms. The number of nitrogens with one attached hydrogen (secondary N) is 1. The van der Waals surface area contributed by atoms with Gasteiger partial charge in [-0.2, -0.15) is 0 Å². The van der Waals surface area contributed by atoms with E-state index in [1.807, 2.05) is 0 Å². The van der Waals surface area contributed by atoms with Crippen LogP contribution in [0.4, 0.5) is 0 Å². The van der Waals surface area contributed by atoms with Crippen molar-refractivity contribution in [2.24, 2.45) is 0 Å². The second-order valence-electron chi connectivity index (χ2n) is 7.92. The number of carbonyl (C=O) groups is 1. The van der Waals surface area contributed by atoms with Crippen LogP contribution in [0.25, 0.3) is 0 Å². The normalized spacial score (nSPS) is 24.5. The molecule has 0 spiro atoms. The summed E-state index contributed by atoms with van der Waals surface area (Å²) < 4.78 is 7.80. The first kappa shape index (κ1) is 16.5. The number of carbonyl (C=O) groups excluding carboxylic acids is 1. The van der Waals surface area contributed by atoms with E-state index in [9.17, 15) is 4.79 Å². The second kappa shape index (κ2) is 6.63. The maximum Gasteiger partial charge on any atom is 0.220 e. The lowest BCUT2D eigenvalue weighted by Crippen LogP contribution is -2.41. The number of aromatic nitrogens is 2. The van der Waals surface area contributed by atoms with Gasteiger partial charge in [0.1, 0.15) is 5.82 Å². The lowest BCUT2D eigenvalue weighted by atomic mass is 9.93. The highest BCUT2D eigenvalue weighted by Gasteiger charge is 2.25. The fraction of sp³-hybridized carbons (Fsp3) is 0.778. The van der Waals surface area contributed by atoms with Crippen molar-refractivity contribution in [3.05, 3.63) is 17.7 Å². The SMILES string of the molecule is CC(C)(C)c1cn2c(n1)CC[C@@H](NC(=O)CC[C@H]1CCCO1)C2. The number of rotatable bonds is 4. The van der Waals surface area contributed by atoms with Crippen LogP contribution in [-0.2, 0) is 27.9 Å². The first-order chi connectivity index (χ1) is 10.9. The topological polar surface area (TPSA) is 56.2 Å². The first-order valence-electron chi connectivity index (χ1n) is 8.89. The number of fused-ring (bicyclic) bond motifs is 1. The molecule has 1 aromatic heterocycles. The summed E-state index contributed by atoms with van der Waals surface area (Å²) in [4.78, 5) is 16.9. The number of amides is 1. The zero-order valence-electron chi connectivity index (χ0n) is 14.6. The lowest BCUT2D eigenvalue weighted by molar-refractivity contribution is -0.122. The molecule has 5 heteroatoms. The molecule has 0 aliphatic carbocycles. The quantitative estimate of drug-likeness (QED) is 0.928. The van der Waals surface area contributed by atoms with Crippen molar-refractivity contribution < 1.29 is 9.53 Å². The van der Waals surface area contributed by atoms with Crippen LogP contribution in [0.5, 0.6) is 0 Å². The maximum atomic E-state index is 12.2. The van der Waals surface area contributed by atoms with Crippen molar-refractivity contribution in [2.45, 2.75) is 83.4 Å². The smallest absolute Gasteiger partial charge is 0.220 e. The maximum absolute atomic E-state index is 12.2. The Kier molecular flexibility index (Phi) is 4.76. The van der Waals surface area contributed by atoms with Crippen LogP contribution in [-0.4, -0.2) is 34.2 Å². The molecule has 128 valence electrons. The Morgan fingerprint density at radius 1 is 1.43 bits per heavy atom. The molecule has 1 fully saturated rings. The molecular weight excluding hydrogens is 290 g/mol. The van der Waals surface area contributed by atoms with Gasteiger partial charge in [0.15, 0.2) is 0 Å². The highest BCUT2D eigenvalue weighted by atomic mass is 16.5. The number of nitrogens with zero attached hydrogens (tertiary/aromatic N) is 2. The van der Waals surface area contributed by atoms with Crippen LogP contribution in [0, 0.1) is 0 Å². The summed E-state index contributed by atoms with van der Waals surface area (Å²) in [7, 11) is 0. The van der Waals surface area contributed by atoms with Gasteiger partial charge in [-0.3, -0.25) is 4.79 Å². The molecule has 2 aliphatic rings. The Morgan fingerprint density at radius 3 is 2.96 bits per heavy atom. The number of imidazole rings is 1. The Balaban J connectivity index is 1.50. The summed E-state index contributed by atoms with van der Waals surface area (Å²) in [5.41, 5.74) is 1.21. The van der Waals surface area contributed by atoms with Crippen molar-refractivity contribution in [3.63, 3.8) is 0 Å². The molecule has 0 aromatic carbocycles. The van der Waals surface area contributed by atoms with Crippen LogP contribution >= 0.6 is 0 Å². The molecule has 2 atom stereocenters. The zero-order chi connectivity index (χ0) is 16.4. The van der Waals surface area contributed by atoms with Gasteiger partial charge in [0.05, 0.1) is 11.8 Å². The molecule has 3 rings (SSSR count). The van der Waals surface area contributed by atoms with Gasteiger partial charge in [-0.15, -0.1) is 0 Å². The van der Waals surface area contributed by atoms with Crippen LogP contribution < -0.4 is 5.32 Å². The standard InChI is InChI=1S/C18H29N3O2/c1-18(2,3)15-12-21-11-13(6-8-16(21)20-15)19-17(22)9-7-14-5-4-10-23-14/h12-14H,4-11H2,1-3H3,(H,19,22)/t13-,14-/m1/s1. The highest BCUT2D eigenvalue weighted by Crippen LogP contribution is 2.24. The van der Waals surface area contributed by atoms with Gasteiger partial charge >= 0.3 is 0 Å². The zero-order valence-corrected chi connectivity index (χ0v) is 14.6. The van der Waals surface area contributed by atoms with E-state index in [0.29, 0.717) is 12.5 Å². The van der Waals surface area contributed by atoms with Crippen LogP contribution in [0.15, 0.2) is 6.20 Å². The monoisotopic (exact) mass is 319 g/mol. The molecule has 1 aromatic rings. The Bertz CT molecular complexity index is 553. The van der Waals surface area contributed by atoms with Gasteiger partial charge in [0.25, 0.3) is 0 Å². The molecule has 0 radical (unpaired) electrons. The Morgan fingerprint density at radius 2 is 2.26 bits per heavy atom. The molecule has 23 heavy (non-hydrogen) atoms. The van der Waals surface area contributed by atoms with Gasteiger partial charge in [-0.05, 0) is 25.7 Å². The average Bonchev–Trinajstić information content (AvgIpc) is 3.13. The number of ether oxygens (including phenoxy) is 1. The van der Waals surface area contributed by atoms with Crippen molar-refractivity contribution in [3.8, 4) is 0 Å². The van der Waals surface area contributed by atoms with Gasteiger partial charge in [-0.1, -0.05) is 20.8 Å². The van der Waals surface area contributed by atoms with Crippen molar-refractivity contribution in [1.29, 1.82) is 0 Å². The van der Waals surface area contributed by atoms with E-state index in [1.165, 1.54) is 0 Å². The third-order valence-electron chi connectivity index (χ3n) is 4.84. The van der Waals surface area contributed by atoms with Crippen LogP contribution in [0.2, 0.25) is 0 Å². The summed E-state index contributed by atoms with van der Waals surface area (Å²) in [6.07, 6.45) is 8.02. The van der Waals surface area contributed by atoms with E-state index in [2.05, 4.69) is 36.9 Å². The largest absolute Gasteiger partial charge is 0.378 e. The Hall–Kier alpha value is -1.36. The summed E-state index contributed by atoms with van der Waals surface area (Å²) in [6, 6.07) is 0.224. The van der Waals surface area contributed by atoms with Crippen LogP contribution in [0.1, 0.15) is 64.4 Å². The Labute approximate surface area is 138 Å².